The van der Waals surface area contributed by atoms with Gasteiger partial charge < -0.3 is 13.7 Å². The van der Waals surface area contributed by atoms with Crippen LogP contribution in [0.5, 0.6) is 0 Å². The Kier molecular flexibility index (Phi) is 11.5. The van der Waals surface area contributed by atoms with Crippen LogP contribution in [0.2, 0.25) is 0 Å². The van der Waals surface area contributed by atoms with E-state index >= 15 is 13.2 Å². The number of benzene rings is 11. The van der Waals surface area contributed by atoms with Crippen LogP contribution in [-0.2, 0) is 6.18 Å². The lowest BCUT2D eigenvalue weighted by Crippen LogP contribution is -2.10. The van der Waals surface area contributed by atoms with Crippen molar-refractivity contribution in [2.24, 2.45) is 0 Å². The van der Waals surface area contributed by atoms with E-state index < -0.39 is 11.7 Å². The molecule has 0 aliphatic carbocycles. The van der Waals surface area contributed by atoms with Crippen LogP contribution in [0.4, 0.5) is 13.2 Å². The third-order valence-corrected chi connectivity index (χ3v) is 16.3. The monoisotopic (exact) mass is 1100 g/mol. The molecule has 0 fully saturated rings. The van der Waals surface area contributed by atoms with E-state index in [-0.39, 0.29) is 22.5 Å². The zero-order chi connectivity index (χ0) is 56.8. The second kappa shape index (κ2) is 19.7. The summed E-state index contributed by atoms with van der Waals surface area (Å²) in [6.45, 7) is 0. The second-order valence-corrected chi connectivity index (χ2v) is 21.3. The van der Waals surface area contributed by atoms with Crippen molar-refractivity contribution < 1.29 is 13.2 Å². The SMILES string of the molecule is FC(F)(F)c1cc(-c2cc(-c3ccccc3)nc(-c3ccccc3)n2)c(-n2c3ccc(-n4c5ccccc5c5ccccc54)cc3c3cc(-n4c5ccccc5c5ccccc54)ccc32)c(-c2cc(-c3ccccc3)nc(-c3ccccc3)n2)c1. The maximum absolute atomic E-state index is 16.3. The summed E-state index contributed by atoms with van der Waals surface area (Å²) in [6, 6.07) is 91.2. The minimum atomic E-state index is -4.81. The molecule has 16 aromatic rings. The van der Waals surface area contributed by atoms with Gasteiger partial charge in [-0.1, -0.05) is 194 Å². The van der Waals surface area contributed by atoms with Crippen molar-refractivity contribution in [3.63, 3.8) is 0 Å². The highest BCUT2D eigenvalue weighted by atomic mass is 19.4. The van der Waals surface area contributed by atoms with Gasteiger partial charge in [-0.15, -0.1) is 0 Å². The second-order valence-electron chi connectivity index (χ2n) is 21.3. The molecule has 16 rings (SSSR count). The van der Waals surface area contributed by atoms with Gasteiger partial charge in [0, 0.05) is 77.1 Å². The Hall–Kier alpha value is -11.2. The molecule has 0 N–H and O–H groups in total. The van der Waals surface area contributed by atoms with E-state index in [1.54, 1.807) is 0 Å². The molecular formula is C75H46F3N7. The first kappa shape index (κ1) is 49.6. The van der Waals surface area contributed by atoms with E-state index in [2.05, 4.69) is 147 Å². The Labute approximate surface area is 485 Å². The summed E-state index contributed by atoms with van der Waals surface area (Å²) in [5, 5.41) is 6.25. The Morgan fingerprint density at radius 1 is 0.259 bits per heavy atom. The molecule has 0 spiro atoms. The van der Waals surface area contributed by atoms with Gasteiger partial charge in [0.25, 0.3) is 0 Å². The van der Waals surface area contributed by atoms with Gasteiger partial charge in [0.05, 0.1) is 67.1 Å². The molecule has 85 heavy (non-hydrogen) atoms. The van der Waals surface area contributed by atoms with E-state index in [4.69, 9.17) is 19.9 Å². The molecule has 5 aromatic heterocycles. The van der Waals surface area contributed by atoms with Crippen molar-refractivity contribution in [1.29, 1.82) is 0 Å². The van der Waals surface area contributed by atoms with Gasteiger partial charge in [-0.2, -0.15) is 13.2 Å². The highest BCUT2D eigenvalue weighted by molar-refractivity contribution is 6.15. The molecule has 0 atom stereocenters. The fourth-order valence-electron chi connectivity index (χ4n) is 12.5. The number of halogens is 3. The van der Waals surface area contributed by atoms with Crippen molar-refractivity contribution in [3.8, 4) is 84.9 Å². The van der Waals surface area contributed by atoms with Gasteiger partial charge >= 0.3 is 6.18 Å². The van der Waals surface area contributed by atoms with Gasteiger partial charge in [-0.05, 0) is 84.9 Å². The van der Waals surface area contributed by atoms with Crippen LogP contribution >= 0.6 is 0 Å². The van der Waals surface area contributed by atoms with Crippen molar-refractivity contribution >= 4 is 65.4 Å². The lowest BCUT2D eigenvalue weighted by Gasteiger charge is -2.22. The minimum absolute atomic E-state index is 0.222. The normalized spacial score (nSPS) is 11.9. The molecule has 402 valence electrons. The quantitative estimate of drug-likeness (QED) is 0.144. The molecule has 0 unspecified atom stereocenters. The summed E-state index contributed by atoms with van der Waals surface area (Å²) in [5.41, 5.74) is 12.2. The first-order chi connectivity index (χ1) is 41.8. The summed E-state index contributed by atoms with van der Waals surface area (Å²) in [6.07, 6.45) is -4.81. The molecule has 10 heteroatoms. The molecular weight excluding hydrogens is 1060 g/mol. The maximum Gasteiger partial charge on any atom is 0.416 e. The first-order valence-electron chi connectivity index (χ1n) is 28.1. The molecule has 5 heterocycles. The Balaban J connectivity index is 1.07. The fourth-order valence-corrected chi connectivity index (χ4v) is 12.5. The van der Waals surface area contributed by atoms with E-state index in [0.29, 0.717) is 39.9 Å². The molecule has 0 radical (unpaired) electrons. The first-order valence-corrected chi connectivity index (χ1v) is 28.1. The highest BCUT2D eigenvalue weighted by Gasteiger charge is 2.35. The Morgan fingerprint density at radius 2 is 0.565 bits per heavy atom. The number of hydrogen-bond donors (Lipinski definition) is 0. The average Bonchev–Trinajstić information content (AvgIpc) is 1.91. The summed E-state index contributed by atoms with van der Waals surface area (Å²) < 4.78 is 55.5. The molecule has 0 amide bonds. The largest absolute Gasteiger partial charge is 0.416 e. The lowest BCUT2D eigenvalue weighted by molar-refractivity contribution is -0.137. The van der Waals surface area contributed by atoms with Gasteiger partial charge in [-0.3, -0.25) is 0 Å². The number of alkyl halides is 3. The summed E-state index contributed by atoms with van der Waals surface area (Å²) in [7, 11) is 0. The van der Waals surface area contributed by atoms with Crippen LogP contribution in [-0.4, -0.2) is 33.6 Å². The average molecular weight is 1100 g/mol. The third-order valence-electron chi connectivity index (χ3n) is 16.3. The van der Waals surface area contributed by atoms with Crippen LogP contribution in [0.25, 0.3) is 150 Å². The van der Waals surface area contributed by atoms with Crippen molar-refractivity contribution in [3.05, 3.63) is 285 Å². The van der Waals surface area contributed by atoms with E-state index in [9.17, 15) is 0 Å². The number of hydrogen-bond acceptors (Lipinski definition) is 4. The third kappa shape index (κ3) is 8.36. The molecule has 0 bridgehead atoms. The van der Waals surface area contributed by atoms with Crippen molar-refractivity contribution in [1.82, 2.24) is 33.6 Å². The Bertz CT molecular complexity index is 4740. The smallest absolute Gasteiger partial charge is 0.309 e. The number of aromatic nitrogens is 7. The standard InChI is InChI=1S/C75H46F3N7/c76-75(77,78)51-41-60(64-45-62(47-21-5-1-6-22-47)79-73(81-64)49-25-9-3-10-26-49)72(61(42-51)65-46-63(48-23-7-2-8-24-48)80-74(82-65)50-27-11-4-12-28-50)85-70-39-37-52(83-66-33-17-13-29-54(66)55-30-14-18-34-67(55)83)43-58(70)59-44-53(38-40-71(59)85)84-68-35-19-15-31-56(68)57-32-16-20-36-69(57)84/h1-46H. The number of para-hydroxylation sites is 4. The van der Waals surface area contributed by atoms with Gasteiger partial charge in [0.1, 0.15) is 0 Å². The lowest BCUT2D eigenvalue weighted by atomic mass is 9.95. The topological polar surface area (TPSA) is 66.3 Å². The summed E-state index contributed by atoms with van der Waals surface area (Å²) >= 11 is 0. The fraction of sp³-hybridized carbons (Fsp3) is 0.0133. The van der Waals surface area contributed by atoms with Gasteiger partial charge in [-0.25, -0.2) is 19.9 Å². The number of nitrogens with zero attached hydrogens (tertiary/aromatic N) is 7. The zero-order valence-electron chi connectivity index (χ0n) is 45.3. The number of fused-ring (bicyclic) bond motifs is 9. The van der Waals surface area contributed by atoms with Crippen LogP contribution in [0.15, 0.2) is 279 Å². The highest BCUT2D eigenvalue weighted by Crippen LogP contribution is 2.47. The maximum atomic E-state index is 16.3. The minimum Gasteiger partial charge on any atom is -0.309 e. The van der Waals surface area contributed by atoms with E-state index in [1.165, 1.54) is 12.1 Å². The van der Waals surface area contributed by atoms with Crippen LogP contribution in [0.3, 0.4) is 0 Å². The van der Waals surface area contributed by atoms with Crippen molar-refractivity contribution in [2.75, 3.05) is 0 Å². The summed E-state index contributed by atoms with van der Waals surface area (Å²) in [4.78, 5) is 20.8. The molecule has 0 aliphatic heterocycles. The molecule has 11 aromatic carbocycles. The molecule has 0 aliphatic rings. The number of rotatable bonds is 9. The van der Waals surface area contributed by atoms with Crippen LogP contribution in [0, 0.1) is 0 Å². The predicted octanol–water partition coefficient (Wildman–Crippen LogP) is 19.6. The Morgan fingerprint density at radius 3 is 0.918 bits per heavy atom. The predicted molar refractivity (Wildman–Crippen MR) is 338 cm³/mol. The van der Waals surface area contributed by atoms with Crippen LogP contribution in [0.1, 0.15) is 5.56 Å². The van der Waals surface area contributed by atoms with E-state index in [1.807, 2.05) is 133 Å². The molecule has 7 nitrogen and oxygen atoms in total. The molecule has 0 saturated heterocycles. The van der Waals surface area contributed by atoms with Gasteiger partial charge in [0.2, 0.25) is 0 Å². The van der Waals surface area contributed by atoms with Crippen molar-refractivity contribution in [2.45, 2.75) is 6.18 Å². The summed E-state index contributed by atoms with van der Waals surface area (Å²) in [5.74, 6) is 0.714. The zero-order valence-corrected chi connectivity index (χ0v) is 45.3. The van der Waals surface area contributed by atoms with E-state index in [0.717, 1.165) is 87.9 Å². The van der Waals surface area contributed by atoms with Gasteiger partial charge in [0.15, 0.2) is 11.6 Å². The molecule has 0 saturated carbocycles. The van der Waals surface area contributed by atoms with Crippen LogP contribution < -0.4 is 0 Å².